The standard InChI is InChI=1S/C13H18N2O3/c1-3-17-12(14-15-13(16)18-4-2)10-11-8-6-5-7-9-11/h5-9H,3-4,10H2,1-2H3,(H,15,16)/b14-12+. The van der Waals surface area contributed by atoms with Gasteiger partial charge in [-0.1, -0.05) is 30.3 Å². The van der Waals surface area contributed by atoms with Crippen molar-refractivity contribution < 1.29 is 14.3 Å². The van der Waals surface area contributed by atoms with Crippen molar-refractivity contribution in [3.8, 4) is 0 Å². The summed E-state index contributed by atoms with van der Waals surface area (Å²) in [7, 11) is 0. The van der Waals surface area contributed by atoms with Gasteiger partial charge in [0.15, 0.2) is 0 Å². The molecular formula is C13H18N2O3. The van der Waals surface area contributed by atoms with Crippen molar-refractivity contribution in [1.82, 2.24) is 5.43 Å². The molecule has 0 aliphatic carbocycles. The highest BCUT2D eigenvalue weighted by Crippen LogP contribution is 2.01. The molecule has 1 aromatic rings. The molecule has 0 unspecified atom stereocenters. The van der Waals surface area contributed by atoms with Crippen LogP contribution in [0.2, 0.25) is 0 Å². The molecule has 0 bridgehead atoms. The maximum Gasteiger partial charge on any atom is 0.427 e. The van der Waals surface area contributed by atoms with Crippen LogP contribution in [-0.4, -0.2) is 25.2 Å². The van der Waals surface area contributed by atoms with E-state index in [1.165, 1.54) is 0 Å². The summed E-state index contributed by atoms with van der Waals surface area (Å²) in [5.74, 6) is 0.455. The van der Waals surface area contributed by atoms with E-state index < -0.39 is 6.09 Å². The van der Waals surface area contributed by atoms with Crippen molar-refractivity contribution in [3.05, 3.63) is 35.9 Å². The molecule has 5 heteroatoms. The zero-order valence-electron chi connectivity index (χ0n) is 10.7. The van der Waals surface area contributed by atoms with E-state index >= 15 is 0 Å². The van der Waals surface area contributed by atoms with Gasteiger partial charge in [0, 0.05) is 0 Å². The molecular weight excluding hydrogens is 232 g/mol. The Bertz CT molecular complexity index is 390. The summed E-state index contributed by atoms with van der Waals surface area (Å²) in [6.45, 7) is 4.40. The predicted molar refractivity (Wildman–Crippen MR) is 69.4 cm³/mol. The van der Waals surface area contributed by atoms with Gasteiger partial charge in [-0.15, -0.1) is 5.10 Å². The third kappa shape index (κ3) is 5.34. The van der Waals surface area contributed by atoms with Crippen LogP contribution in [0, 0.1) is 0 Å². The minimum atomic E-state index is -0.581. The molecule has 0 heterocycles. The summed E-state index contributed by atoms with van der Waals surface area (Å²) in [5.41, 5.74) is 3.36. The fraction of sp³-hybridized carbons (Fsp3) is 0.385. The molecule has 0 aliphatic rings. The highest BCUT2D eigenvalue weighted by atomic mass is 16.6. The number of amides is 1. The summed E-state index contributed by atoms with van der Waals surface area (Å²) in [6, 6.07) is 9.77. The number of nitrogens with one attached hydrogen (secondary N) is 1. The van der Waals surface area contributed by atoms with Crippen molar-refractivity contribution in [1.29, 1.82) is 0 Å². The predicted octanol–water partition coefficient (Wildman–Crippen LogP) is 2.33. The molecule has 0 saturated heterocycles. The fourth-order valence-corrected chi connectivity index (χ4v) is 1.33. The summed E-state index contributed by atoms with van der Waals surface area (Å²) < 4.78 is 10.1. The van der Waals surface area contributed by atoms with Crippen LogP contribution in [0.3, 0.4) is 0 Å². The maximum atomic E-state index is 11.1. The van der Waals surface area contributed by atoms with Gasteiger partial charge in [0.25, 0.3) is 0 Å². The van der Waals surface area contributed by atoms with Crippen LogP contribution in [0.5, 0.6) is 0 Å². The SMILES string of the molecule is CCOC(=O)N/N=C(\Cc1ccccc1)OCC. The van der Waals surface area contributed by atoms with Crippen molar-refractivity contribution in [2.24, 2.45) is 5.10 Å². The molecule has 0 aliphatic heterocycles. The number of carbonyl (C=O) groups is 1. The molecule has 0 fully saturated rings. The number of hydrogen-bond acceptors (Lipinski definition) is 4. The first-order chi connectivity index (χ1) is 8.76. The van der Waals surface area contributed by atoms with Crippen molar-refractivity contribution in [2.45, 2.75) is 20.3 Å². The van der Waals surface area contributed by atoms with E-state index in [9.17, 15) is 4.79 Å². The van der Waals surface area contributed by atoms with Crippen molar-refractivity contribution in [2.75, 3.05) is 13.2 Å². The van der Waals surface area contributed by atoms with Crippen LogP contribution < -0.4 is 5.43 Å². The first-order valence-electron chi connectivity index (χ1n) is 5.92. The van der Waals surface area contributed by atoms with Gasteiger partial charge >= 0.3 is 6.09 Å². The largest absolute Gasteiger partial charge is 0.480 e. The molecule has 0 aromatic heterocycles. The van der Waals surface area contributed by atoms with Gasteiger partial charge in [0.2, 0.25) is 5.90 Å². The van der Waals surface area contributed by atoms with Crippen molar-refractivity contribution >= 4 is 12.0 Å². The second kappa shape index (κ2) is 8.11. The van der Waals surface area contributed by atoms with Crippen molar-refractivity contribution in [3.63, 3.8) is 0 Å². The van der Waals surface area contributed by atoms with E-state index in [1.54, 1.807) is 6.92 Å². The van der Waals surface area contributed by atoms with Gasteiger partial charge < -0.3 is 9.47 Å². The summed E-state index contributed by atoms with van der Waals surface area (Å²) in [4.78, 5) is 11.1. The molecule has 0 saturated carbocycles. The van der Waals surface area contributed by atoms with Gasteiger partial charge in [0.1, 0.15) is 0 Å². The average Bonchev–Trinajstić information content (AvgIpc) is 2.38. The monoisotopic (exact) mass is 250 g/mol. The normalized spacial score (nSPS) is 10.9. The summed E-state index contributed by atoms with van der Waals surface area (Å²) >= 11 is 0. The highest BCUT2D eigenvalue weighted by Gasteiger charge is 2.04. The highest BCUT2D eigenvalue weighted by molar-refractivity contribution is 5.80. The van der Waals surface area contributed by atoms with E-state index in [-0.39, 0.29) is 0 Å². The first-order valence-corrected chi connectivity index (χ1v) is 5.92. The van der Waals surface area contributed by atoms with E-state index in [4.69, 9.17) is 9.47 Å². The van der Waals surface area contributed by atoms with Gasteiger partial charge in [-0.3, -0.25) is 0 Å². The van der Waals surface area contributed by atoms with Crippen LogP contribution in [0.1, 0.15) is 19.4 Å². The van der Waals surface area contributed by atoms with Crippen LogP contribution >= 0.6 is 0 Å². The van der Waals surface area contributed by atoms with E-state index in [1.807, 2.05) is 37.3 Å². The van der Waals surface area contributed by atoms with E-state index in [0.717, 1.165) is 5.56 Å². The number of ether oxygens (including phenoxy) is 2. The number of hydrogen-bond donors (Lipinski definition) is 1. The van der Waals surface area contributed by atoms with Gasteiger partial charge in [-0.2, -0.15) is 0 Å². The molecule has 98 valence electrons. The van der Waals surface area contributed by atoms with E-state index in [0.29, 0.717) is 25.5 Å². The first kappa shape index (κ1) is 14.0. The Morgan fingerprint density at radius 3 is 2.44 bits per heavy atom. The van der Waals surface area contributed by atoms with Crippen LogP contribution in [0.15, 0.2) is 35.4 Å². The Morgan fingerprint density at radius 1 is 1.17 bits per heavy atom. The molecule has 0 radical (unpaired) electrons. The van der Waals surface area contributed by atoms with Crippen LogP contribution in [0.25, 0.3) is 0 Å². The summed E-state index contributed by atoms with van der Waals surface area (Å²) in [5, 5.41) is 3.90. The Labute approximate surface area is 107 Å². The topological polar surface area (TPSA) is 59.9 Å². The molecule has 1 amide bonds. The van der Waals surface area contributed by atoms with Gasteiger partial charge in [0.05, 0.1) is 19.6 Å². The minimum Gasteiger partial charge on any atom is -0.480 e. The minimum absolute atomic E-state index is 0.310. The number of carbonyl (C=O) groups excluding carboxylic acids is 1. The second-order valence-corrected chi connectivity index (χ2v) is 3.43. The maximum absolute atomic E-state index is 11.1. The molecule has 1 rings (SSSR count). The number of nitrogens with zero attached hydrogens (tertiary/aromatic N) is 1. The lowest BCUT2D eigenvalue weighted by Gasteiger charge is -2.07. The zero-order chi connectivity index (χ0) is 13.2. The lowest BCUT2D eigenvalue weighted by molar-refractivity contribution is 0.152. The fourth-order valence-electron chi connectivity index (χ4n) is 1.33. The number of rotatable bonds is 5. The average molecular weight is 250 g/mol. The molecule has 1 N–H and O–H groups in total. The van der Waals surface area contributed by atoms with Crippen LogP contribution in [-0.2, 0) is 15.9 Å². The zero-order valence-corrected chi connectivity index (χ0v) is 10.7. The summed E-state index contributed by atoms with van der Waals surface area (Å²) in [6.07, 6.45) is -0.0519. The molecule has 18 heavy (non-hydrogen) atoms. The quantitative estimate of drug-likeness (QED) is 0.495. The Morgan fingerprint density at radius 2 is 1.83 bits per heavy atom. The third-order valence-electron chi connectivity index (χ3n) is 2.06. The smallest absolute Gasteiger partial charge is 0.427 e. The lowest BCUT2D eigenvalue weighted by atomic mass is 10.1. The van der Waals surface area contributed by atoms with Gasteiger partial charge in [-0.25, -0.2) is 10.2 Å². The van der Waals surface area contributed by atoms with Gasteiger partial charge in [-0.05, 0) is 19.4 Å². The molecule has 1 aromatic carbocycles. The Kier molecular flexibility index (Phi) is 6.32. The molecule has 0 atom stereocenters. The number of hydrazone groups is 1. The third-order valence-corrected chi connectivity index (χ3v) is 2.06. The lowest BCUT2D eigenvalue weighted by Crippen LogP contribution is -2.22. The molecule has 0 spiro atoms. The van der Waals surface area contributed by atoms with E-state index in [2.05, 4.69) is 10.5 Å². The Hall–Kier alpha value is -2.04. The molecule has 5 nitrogen and oxygen atoms in total. The second-order valence-electron chi connectivity index (χ2n) is 3.43. The Balaban J connectivity index is 2.59. The van der Waals surface area contributed by atoms with Crippen LogP contribution in [0.4, 0.5) is 4.79 Å². The number of benzene rings is 1.